The summed E-state index contributed by atoms with van der Waals surface area (Å²) in [5, 5.41) is 0. The lowest BCUT2D eigenvalue weighted by atomic mass is 10.0. The summed E-state index contributed by atoms with van der Waals surface area (Å²) in [6.07, 6.45) is 5.72. The molecule has 0 N–H and O–H groups in total. The fourth-order valence-corrected chi connectivity index (χ4v) is 2.15. The third-order valence-corrected chi connectivity index (χ3v) is 3.58. The first kappa shape index (κ1) is 14.4. The monoisotopic (exact) mass is 263 g/mol. The van der Waals surface area contributed by atoms with Gasteiger partial charge in [-0.2, -0.15) is 0 Å². The van der Waals surface area contributed by atoms with Gasteiger partial charge in [0, 0.05) is 13.1 Å². The Morgan fingerprint density at radius 2 is 1.25 bits per heavy atom. The van der Waals surface area contributed by atoms with E-state index in [1.807, 2.05) is 12.1 Å². The van der Waals surface area contributed by atoms with Crippen molar-refractivity contribution in [1.82, 2.24) is 4.90 Å². The van der Waals surface area contributed by atoms with E-state index in [9.17, 15) is 0 Å². The van der Waals surface area contributed by atoms with E-state index in [1.54, 1.807) is 0 Å². The van der Waals surface area contributed by atoms with Gasteiger partial charge in [0.05, 0.1) is 5.54 Å². The predicted octanol–water partition coefficient (Wildman–Crippen LogP) is 4.10. The van der Waals surface area contributed by atoms with Crippen molar-refractivity contribution in [2.45, 2.75) is 32.5 Å². The zero-order valence-electron chi connectivity index (χ0n) is 12.2. The van der Waals surface area contributed by atoms with Gasteiger partial charge >= 0.3 is 0 Å². The smallest absolute Gasteiger partial charge is 0.0771 e. The second kappa shape index (κ2) is 6.41. The maximum absolute atomic E-state index is 5.72. The summed E-state index contributed by atoms with van der Waals surface area (Å²) in [7, 11) is 0. The molecule has 0 aliphatic carbocycles. The quantitative estimate of drug-likeness (QED) is 0.734. The van der Waals surface area contributed by atoms with E-state index in [2.05, 4.69) is 73.2 Å². The molecule has 1 heteroatoms. The van der Waals surface area contributed by atoms with Gasteiger partial charge in [-0.15, -0.1) is 6.42 Å². The molecule has 0 heterocycles. The van der Waals surface area contributed by atoms with E-state index in [0.29, 0.717) is 0 Å². The number of terminal acetylenes is 1. The number of hydrogen-bond acceptors (Lipinski definition) is 1. The van der Waals surface area contributed by atoms with Gasteiger partial charge in [0.25, 0.3) is 0 Å². The van der Waals surface area contributed by atoms with Crippen molar-refractivity contribution in [3.63, 3.8) is 0 Å². The molecule has 0 unspecified atom stereocenters. The lowest BCUT2D eigenvalue weighted by Crippen LogP contribution is -2.41. The van der Waals surface area contributed by atoms with Crippen LogP contribution in [0.5, 0.6) is 0 Å². The van der Waals surface area contributed by atoms with Crippen molar-refractivity contribution in [1.29, 1.82) is 0 Å². The molecule has 0 aliphatic rings. The Morgan fingerprint density at radius 3 is 1.60 bits per heavy atom. The summed E-state index contributed by atoms with van der Waals surface area (Å²) >= 11 is 0. The van der Waals surface area contributed by atoms with Crippen LogP contribution in [-0.4, -0.2) is 10.4 Å². The van der Waals surface area contributed by atoms with Gasteiger partial charge in [0.15, 0.2) is 0 Å². The Bertz CT molecular complexity index is 522. The molecule has 102 valence electrons. The van der Waals surface area contributed by atoms with Gasteiger partial charge in [-0.05, 0) is 25.0 Å². The Morgan fingerprint density at radius 1 is 0.850 bits per heavy atom. The molecular weight excluding hydrogens is 242 g/mol. The van der Waals surface area contributed by atoms with E-state index in [4.69, 9.17) is 6.42 Å². The molecule has 0 atom stereocenters. The molecule has 0 bridgehead atoms. The van der Waals surface area contributed by atoms with Gasteiger partial charge in [0.2, 0.25) is 0 Å². The predicted molar refractivity (Wildman–Crippen MR) is 85.0 cm³/mol. The molecule has 2 rings (SSSR count). The van der Waals surface area contributed by atoms with E-state index >= 15 is 0 Å². The summed E-state index contributed by atoms with van der Waals surface area (Å²) in [6, 6.07) is 20.9. The summed E-state index contributed by atoms with van der Waals surface area (Å²) in [4.78, 5) is 2.33. The van der Waals surface area contributed by atoms with Gasteiger partial charge in [-0.3, -0.25) is 4.90 Å². The number of hydrogen-bond donors (Lipinski definition) is 0. The molecule has 0 fully saturated rings. The van der Waals surface area contributed by atoms with Crippen LogP contribution in [0.25, 0.3) is 0 Å². The normalized spacial score (nSPS) is 11.3. The van der Waals surface area contributed by atoms with Crippen LogP contribution in [0.15, 0.2) is 60.7 Å². The largest absolute Gasteiger partial charge is 0.279 e. The summed E-state index contributed by atoms with van der Waals surface area (Å²) in [5.74, 6) is 2.91. The van der Waals surface area contributed by atoms with Crippen molar-refractivity contribution < 1.29 is 0 Å². The Kier molecular flexibility index (Phi) is 4.61. The van der Waals surface area contributed by atoms with Crippen molar-refractivity contribution in [2.75, 3.05) is 0 Å². The highest BCUT2D eigenvalue weighted by Gasteiger charge is 2.24. The molecule has 2 aromatic carbocycles. The van der Waals surface area contributed by atoms with E-state index in [1.165, 1.54) is 11.1 Å². The third kappa shape index (κ3) is 3.73. The fraction of sp³-hybridized carbons (Fsp3) is 0.263. The van der Waals surface area contributed by atoms with Crippen molar-refractivity contribution in [3.8, 4) is 12.3 Å². The van der Waals surface area contributed by atoms with Crippen molar-refractivity contribution >= 4 is 0 Å². The number of benzene rings is 2. The van der Waals surface area contributed by atoms with Crippen LogP contribution in [0.3, 0.4) is 0 Å². The minimum atomic E-state index is -0.272. The maximum atomic E-state index is 5.72. The van der Waals surface area contributed by atoms with E-state index in [-0.39, 0.29) is 5.54 Å². The SMILES string of the molecule is C#CC(C)(C)N(Cc1ccccc1)Cc1ccccc1. The van der Waals surface area contributed by atoms with Crippen LogP contribution >= 0.6 is 0 Å². The molecule has 0 saturated carbocycles. The second-order valence-corrected chi connectivity index (χ2v) is 5.53. The van der Waals surface area contributed by atoms with Gasteiger partial charge in [-0.1, -0.05) is 66.6 Å². The van der Waals surface area contributed by atoms with Crippen LogP contribution in [-0.2, 0) is 13.1 Å². The number of nitrogens with zero attached hydrogens (tertiary/aromatic N) is 1. The Hall–Kier alpha value is -2.04. The summed E-state index contributed by atoms with van der Waals surface area (Å²) < 4.78 is 0. The molecule has 0 aliphatic heterocycles. The minimum absolute atomic E-state index is 0.272. The molecule has 0 spiro atoms. The lowest BCUT2D eigenvalue weighted by molar-refractivity contribution is 0.151. The van der Waals surface area contributed by atoms with Gasteiger partial charge in [-0.25, -0.2) is 0 Å². The van der Waals surface area contributed by atoms with Crippen LogP contribution < -0.4 is 0 Å². The van der Waals surface area contributed by atoms with Crippen molar-refractivity contribution in [3.05, 3.63) is 71.8 Å². The minimum Gasteiger partial charge on any atom is -0.279 e. The Labute approximate surface area is 122 Å². The second-order valence-electron chi connectivity index (χ2n) is 5.53. The first-order valence-electron chi connectivity index (χ1n) is 6.92. The molecule has 0 saturated heterocycles. The zero-order valence-corrected chi connectivity index (χ0v) is 12.2. The molecule has 20 heavy (non-hydrogen) atoms. The summed E-state index contributed by atoms with van der Waals surface area (Å²) in [5.41, 5.74) is 2.30. The topological polar surface area (TPSA) is 3.24 Å². The van der Waals surface area contributed by atoms with E-state index < -0.39 is 0 Å². The molecule has 0 radical (unpaired) electrons. The van der Waals surface area contributed by atoms with Crippen LogP contribution in [0.2, 0.25) is 0 Å². The highest BCUT2D eigenvalue weighted by molar-refractivity contribution is 5.20. The average molecular weight is 263 g/mol. The standard InChI is InChI=1S/C19H21N/c1-4-19(2,3)20(15-17-11-7-5-8-12-17)16-18-13-9-6-10-14-18/h1,5-14H,15-16H2,2-3H3. The van der Waals surface area contributed by atoms with Gasteiger partial charge in [0.1, 0.15) is 0 Å². The highest BCUT2D eigenvalue weighted by Crippen LogP contribution is 2.20. The van der Waals surface area contributed by atoms with Crippen LogP contribution in [0.1, 0.15) is 25.0 Å². The Balaban J connectivity index is 2.20. The fourth-order valence-electron chi connectivity index (χ4n) is 2.15. The molecule has 0 aromatic heterocycles. The first-order valence-corrected chi connectivity index (χ1v) is 6.92. The maximum Gasteiger partial charge on any atom is 0.0771 e. The molecule has 1 nitrogen and oxygen atoms in total. The third-order valence-electron chi connectivity index (χ3n) is 3.58. The summed E-state index contributed by atoms with van der Waals surface area (Å²) in [6.45, 7) is 5.90. The lowest BCUT2D eigenvalue weighted by Gasteiger charge is -2.34. The average Bonchev–Trinajstić information content (AvgIpc) is 2.49. The first-order chi connectivity index (χ1) is 9.62. The highest BCUT2D eigenvalue weighted by atomic mass is 15.2. The molecular formula is C19H21N. The zero-order chi connectivity index (χ0) is 14.4. The van der Waals surface area contributed by atoms with E-state index in [0.717, 1.165) is 13.1 Å². The molecule has 2 aromatic rings. The number of rotatable bonds is 5. The van der Waals surface area contributed by atoms with Gasteiger partial charge < -0.3 is 0 Å². The van der Waals surface area contributed by atoms with Crippen LogP contribution in [0, 0.1) is 12.3 Å². The van der Waals surface area contributed by atoms with Crippen molar-refractivity contribution in [2.24, 2.45) is 0 Å². The van der Waals surface area contributed by atoms with Crippen LogP contribution in [0.4, 0.5) is 0 Å². The molecule has 0 amide bonds.